The van der Waals surface area contributed by atoms with Gasteiger partial charge in [0.2, 0.25) is 0 Å². The van der Waals surface area contributed by atoms with Gasteiger partial charge in [-0.1, -0.05) is 13.8 Å². The van der Waals surface area contributed by atoms with E-state index in [0.717, 1.165) is 5.56 Å². The zero-order valence-electron chi connectivity index (χ0n) is 16.8. The van der Waals surface area contributed by atoms with E-state index in [2.05, 4.69) is 19.2 Å². The van der Waals surface area contributed by atoms with Gasteiger partial charge in [-0.05, 0) is 55.3 Å². The van der Waals surface area contributed by atoms with Crippen LogP contribution < -0.4 is 10.1 Å². The molecule has 0 bridgehead atoms. The highest BCUT2D eigenvalue weighted by molar-refractivity contribution is 6.04. The van der Waals surface area contributed by atoms with Crippen LogP contribution in [0.5, 0.6) is 5.75 Å². The molecule has 0 saturated carbocycles. The Morgan fingerprint density at radius 2 is 1.71 bits per heavy atom. The highest BCUT2D eigenvalue weighted by Crippen LogP contribution is 2.22. The minimum Gasteiger partial charge on any atom is -0.496 e. The molecule has 0 saturated heterocycles. The summed E-state index contributed by atoms with van der Waals surface area (Å²) in [6.45, 7) is 7.23. The lowest BCUT2D eigenvalue weighted by molar-refractivity contribution is 0.0526. The zero-order chi connectivity index (χ0) is 20.5. The third kappa shape index (κ3) is 6.09. The molecule has 0 fully saturated rings. The number of methoxy groups -OCH3 is 1. The minimum absolute atomic E-state index is 0.253. The number of esters is 1. The number of anilines is 1. The van der Waals surface area contributed by atoms with Gasteiger partial charge < -0.3 is 19.5 Å². The van der Waals surface area contributed by atoms with Crippen molar-refractivity contribution in [1.29, 1.82) is 0 Å². The van der Waals surface area contributed by atoms with E-state index in [9.17, 15) is 9.59 Å². The average molecular weight is 385 g/mol. The Hall–Kier alpha value is -2.86. The van der Waals surface area contributed by atoms with E-state index in [1.165, 1.54) is 0 Å². The summed E-state index contributed by atoms with van der Waals surface area (Å²) in [6, 6.07) is 11.8. The number of amides is 1. The Kier molecular flexibility index (Phi) is 8.02. The van der Waals surface area contributed by atoms with Crippen LogP contribution in [-0.2, 0) is 16.1 Å². The number of ether oxygens (including phenoxy) is 3. The predicted octanol–water partition coefficient (Wildman–Crippen LogP) is 4.30. The molecule has 0 aliphatic rings. The zero-order valence-corrected chi connectivity index (χ0v) is 16.8. The SMILES string of the molecule is CCOC(=O)c1ccc(NC(=O)c2ccc(OC)c(COCC(C)C)c2)cc1. The summed E-state index contributed by atoms with van der Waals surface area (Å²) in [5.41, 5.74) is 2.34. The van der Waals surface area contributed by atoms with Gasteiger partial charge >= 0.3 is 5.97 Å². The molecule has 0 aromatic heterocycles. The molecular formula is C22H27NO5. The molecule has 2 aromatic carbocycles. The van der Waals surface area contributed by atoms with Crippen molar-refractivity contribution in [2.24, 2.45) is 5.92 Å². The Morgan fingerprint density at radius 1 is 1.04 bits per heavy atom. The van der Waals surface area contributed by atoms with Crippen molar-refractivity contribution in [3.8, 4) is 5.75 Å². The first-order valence-electron chi connectivity index (χ1n) is 9.27. The lowest BCUT2D eigenvalue weighted by Crippen LogP contribution is -2.13. The minimum atomic E-state index is -0.387. The van der Waals surface area contributed by atoms with E-state index in [4.69, 9.17) is 14.2 Å². The van der Waals surface area contributed by atoms with Crippen molar-refractivity contribution in [1.82, 2.24) is 0 Å². The molecule has 150 valence electrons. The first kappa shape index (κ1) is 21.4. The predicted molar refractivity (Wildman–Crippen MR) is 108 cm³/mol. The van der Waals surface area contributed by atoms with Gasteiger partial charge in [0.15, 0.2) is 0 Å². The molecule has 0 aliphatic carbocycles. The Labute approximate surface area is 165 Å². The summed E-state index contributed by atoms with van der Waals surface area (Å²) in [5, 5.41) is 2.82. The van der Waals surface area contributed by atoms with Gasteiger partial charge in [0.05, 0.1) is 25.9 Å². The number of rotatable bonds is 9. The Balaban J connectivity index is 2.07. The summed E-state index contributed by atoms with van der Waals surface area (Å²) < 4.78 is 16.0. The highest BCUT2D eigenvalue weighted by atomic mass is 16.5. The maximum atomic E-state index is 12.6. The molecule has 0 atom stereocenters. The highest BCUT2D eigenvalue weighted by Gasteiger charge is 2.12. The maximum absolute atomic E-state index is 12.6. The molecule has 0 heterocycles. The topological polar surface area (TPSA) is 73.9 Å². The fraction of sp³-hybridized carbons (Fsp3) is 0.364. The molecule has 1 N–H and O–H groups in total. The fourth-order valence-corrected chi connectivity index (χ4v) is 2.54. The van der Waals surface area contributed by atoms with E-state index >= 15 is 0 Å². The summed E-state index contributed by atoms with van der Waals surface area (Å²) >= 11 is 0. The van der Waals surface area contributed by atoms with Gasteiger partial charge in [0.1, 0.15) is 5.75 Å². The van der Waals surface area contributed by atoms with Gasteiger partial charge in [0.25, 0.3) is 5.91 Å². The van der Waals surface area contributed by atoms with Crippen LogP contribution in [-0.4, -0.2) is 32.2 Å². The van der Waals surface area contributed by atoms with Crippen molar-refractivity contribution in [3.05, 3.63) is 59.2 Å². The molecular weight excluding hydrogens is 358 g/mol. The van der Waals surface area contributed by atoms with E-state index in [1.807, 2.05) is 0 Å². The van der Waals surface area contributed by atoms with Crippen molar-refractivity contribution >= 4 is 17.6 Å². The van der Waals surface area contributed by atoms with E-state index in [0.29, 0.717) is 48.3 Å². The van der Waals surface area contributed by atoms with Crippen LogP contribution in [0.2, 0.25) is 0 Å². The van der Waals surface area contributed by atoms with Crippen LogP contribution in [0.4, 0.5) is 5.69 Å². The number of nitrogens with one attached hydrogen (secondary N) is 1. The van der Waals surface area contributed by atoms with Crippen LogP contribution in [0.3, 0.4) is 0 Å². The number of benzene rings is 2. The number of carbonyl (C=O) groups is 2. The summed E-state index contributed by atoms with van der Waals surface area (Å²) in [5.74, 6) is 0.465. The molecule has 0 radical (unpaired) electrons. The fourth-order valence-electron chi connectivity index (χ4n) is 2.54. The second-order valence-corrected chi connectivity index (χ2v) is 6.69. The largest absolute Gasteiger partial charge is 0.496 e. The van der Waals surface area contributed by atoms with Crippen LogP contribution in [0, 0.1) is 5.92 Å². The van der Waals surface area contributed by atoms with Crippen LogP contribution in [0.1, 0.15) is 47.1 Å². The van der Waals surface area contributed by atoms with Crippen LogP contribution in [0.25, 0.3) is 0 Å². The molecule has 6 heteroatoms. The average Bonchev–Trinajstić information content (AvgIpc) is 2.68. The number of carbonyl (C=O) groups excluding carboxylic acids is 2. The second-order valence-electron chi connectivity index (χ2n) is 6.69. The van der Waals surface area contributed by atoms with Crippen molar-refractivity contribution in [2.45, 2.75) is 27.4 Å². The molecule has 0 aliphatic heterocycles. The third-order valence-corrected chi connectivity index (χ3v) is 3.91. The first-order chi connectivity index (χ1) is 13.4. The smallest absolute Gasteiger partial charge is 0.338 e. The van der Waals surface area contributed by atoms with Gasteiger partial charge in [-0.3, -0.25) is 4.79 Å². The van der Waals surface area contributed by atoms with Crippen molar-refractivity contribution in [2.75, 3.05) is 25.6 Å². The van der Waals surface area contributed by atoms with Crippen LogP contribution in [0.15, 0.2) is 42.5 Å². The van der Waals surface area contributed by atoms with E-state index < -0.39 is 0 Å². The van der Waals surface area contributed by atoms with E-state index in [-0.39, 0.29) is 11.9 Å². The molecule has 2 aromatic rings. The lowest BCUT2D eigenvalue weighted by Gasteiger charge is -2.13. The molecule has 1 amide bonds. The summed E-state index contributed by atoms with van der Waals surface area (Å²) in [7, 11) is 1.59. The quantitative estimate of drug-likeness (QED) is 0.652. The van der Waals surface area contributed by atoms with Gasteiger partial charge in [0, 0.05) is 23.4 Å². The Morgan fingerprint density at radius 3 is 2.32 bits per heavy atom. The van der Waals surface area contributed by atoms with Crippen LogP contribution >= 0.6 is 0 Å². The normalized spacial score (nSPS) is 10.6. The summed E-state index contributed by atoms with van der Waals surface area (Å²) in [6.07, 6.45) is 0. The number of hydrogen-bond donors (Lipinski definition) is 1. The van der Waals surface area contributed by atoms with Gasteiger partial charge in [-0.2, -0.15) is 0 Å². The molecule has 28 heavy (non-hydrogen) atoms. The third-order valence-electron chi connectivity index (χ3n) is 3.91. The standard InChI is InChI=1S/C22H27NO5/c1-5-28-22(25)16-6-9-19(10-7-16)23-21(24)17-8-11-20(26-4)18(12-17)14-27-13-15(2)3/h6-12,15H,5,13-14H2,1-4H3,(H,23,24). The molecule has 0 unspecified atom stereocenters. The molecule has 6 nitrogen and oxygen atoms in total. The Bertz CT molecular complexity index is 799. The van der Waals surface area contributed by atoms with E-state index in [1.54, 1.807) is 56.5 Å². The first-order valence-corrected chi connectivity index (χ1v) is 9.27. The van der Waals surface area contributed by atoms with Gasteiger partial charge in [-0.25, -0.2) is 4.79 Å². The van der Waals surface area contributed by atoms with Crippen molar-refractivity contribution < 1.29 is 23.8 Å². The second kappa shape index (κ2) is 10.5. The van der Waals surface area contributed by atoms with Crippen molar-refractivity contribution in [3.63, 3.8) is 0 Å². The molecule has 0 spiro atoms. The number of hydrogen-bond acceptors (Lipinski definition) is 5. The monoisotopic (exact) mass is 385 g/mol. The van der Waals surface area contributed by atoms with Gasteiger partial charge in [-0.15, -0.1) is 0 Å². The maximum Gasteiger partial charge on any atom is 0.338 e. The lowest BCUT2D eigenvalue weighted by atomic mass is 10.1. The molecule has 2 rings (SSSR count). The summed E-state index contributed by atoms with van der Waals surface area (Å²) in [4.78, 5) is 24.3.